The van der Waals surface area contributed by atoms with E-state index in [1.807, 2.05) is 44.4 Å². The van der Waals surface area contributed by atoms with Crippen molar-refractivity contribution in [3.05, 3.63) is 35.9 Å². The molecule has 1 amide bonds. The molecule has 0 unspecified atom stereocenters. The molecule has 4 nitrogen and oxygen atoms in total. The molecule has 0 aliphatic rings. The molecule has 106 valence electrons. The second kappa shape index (κ2) is 6.68. The smallest absolute Gasteiger partial charge is 0.237 e. The lowest BCUT2D eigenvalue weighted by molar-refractivity contribution is -0.122. The van der Waals surface area contributed by atoms with Gasteiger partial charge in [-0.1, -0.05) is 30.3 Å². The van der Waals surface area contributed by atoms with Gasteiger partial charge in [0, 0.05) is 12.1 Å². The first-order chi connectivity index (χ1) is 8.83. The van der Waals surface area contributed by atoms with E-state index < -0.39 is 6.04 Å². The highest BCUT2D eigenvalue weighted by atomic mass is 16.2. The van der Waals surface area contributed by atoms with Crippen LogP contribution in [0.4, 0.5) is 0 Å². The molecule has 1 atom stereocenters. The molecule has 0 fully saturated rings. The second-order valence-corrected chi connectivity index (χ2v) is 5.72. The fourth-order valence-corrected chi connectivity index (χ4v) is 1.55. The molecule has 0 aromatic heterocycles. The van der Waals surface area contributed by atoms with E-state index in [0.29, 0.717) is 13.0 Å². The van der Waals surface area contributed by atoms with Crippen LogP contribution in [0, 0.1) is 0 Å². The van der Waals surface area contributed by atoms with Crippen molar-refractivity contribution < 1.29 is 4.79 Å². The van der Waals surface area contributed by atoms with E-state index in [-0.39, 0.29) is 11.4 Å². The first-order valence-corrected chi connectivity index (χ1v) is 6.57. The minimum atomic E-state index is -0.500. The Morgan fingerprint density at radius 2 is 1.89 bits per heavy atom. The Balaban J connectivity index is 2.46. The highest BCUT2D eigenvalue weighted by Crippen LogP contribution is 2.08. The Morgan fingerprint density at radius 1 is 1.32 bits per heavy atom. The van der Waals surface area contributed by atoms with Gasteiger partial charge in [-0.05, 0) is 39.9 Å². The molecule has 0 aliphatic heterocycles. The summed E-state index contributed by atoms with van der Waals surface area (Å²) in [6.07, 6.45) is 0.565. The predicted octanol–water partition coefficient (Wildman–Crippen LogP) is 1.01. The van der Waals surface area contributed by atoms with Gasteiger partial charge in [0.2, 0.25) is 5.91 Å². The average molecular weight is 263 g/mol. The summed E-state index contributed by atoms with van der Waals surface area (Å²) in [6, 6.07) is 9.33. The first-order valence-electron chi connectivity index (χ1n) is 6.57. The number of nitrogens with zero attached hydrogens (tertiary/aromatic N) is 1. The Kier molecular flexibility index (Phi) is 5.51. The fourth-order valence-electron chi connectivity index (χ4n) is 1.55. The quantitative estimate of drug-likeness (QED) is 0.805. The summed E-state index contributed by atoms with van der Waals surface area (Å²) in [7, 11) is 3.99. The van der Waals surface area contributed by atoms with Gasteiger partial charge in [0.15, 0.2) is 0 Å². The molecule has 19 heavy (non-hydrogen) atoms. The molecule has 3 N–H and O–H groups in total. The van der Waals surface area contributed by atoms with E-state index in [4.69, 9.17) is 5.73 Å². The zero-order chi connectivity index (χ0) is 14.5. The normalized spacial score (nSPS) is 13.4. The van der Waals surface area contributed by atoms with E-state index in [1.165, 1.54) is 0 Å². The third kappa shape index (κ3) is 5.01. The Bertz CT molecular complexity index is 401. The molecular formula is C15H25N3O. The van der Waals surface area contributed by atoms with Gasteiger partial charge in [0.1, 0.15) is 0 Å². The van der Waals surface area contributed by atoms with Crippen LogP contribution in [0.3, 0.4) is 0 Å². The summed E-state index contributed by atoms with van der Waals surface area (Å²) in [5.74, 6) is -0.0984. The van der Waals surface area contributed by atoms with Crippen molar-refractivity contribution in [2.45, 2.75) is 31.8 Å². The number of carbonyl (C=O) groups excluding carboxylic acids is 1. The van der Waals surface area contributed by atoms with Crippen LogP contribution in [0.2, 0.25) is 0 Å². The maximum atomic E-state index is 12.0. The van der Waals surface area contributed by atoms with Crippen molar-refractivity contribution in [1.82, 2.24) is 10.2 Å². The summed E-state index contributed by atoms with van der Waals surface area (Å²) >= 11 is 0. The van der Waals surface area contributed by atoms with E-state index in [2.05, 4.69) is 24.1 Å². The summed E-state index contributed by atoms with van der Waals surface area (Å²) in [5.41, 5.74) is 6.93. The molecule has 4 heteroatoms. The van der Waals surface area contributed by atoms with Gasteiger partial charge < -0.3 is 16.0 Å². The lowest BCUT2D eigenvalue weighted by Crippen LogP contribution is -2.51. The standard InChI is InChI=1S/C15H25N3O/c1-15(2,18(3)4)11-17-14(19)13(16)10-12-8-6-5-7-9-12/h5-9,13H,10-11,16H2,1-4H3,(H,17,19)/t13-/m0/s1. The number of hydrogen-bond donors (Lipinski definition) is 2. The van der Waals surface area contributed by atoms with Crippen molar-refractivity contribution in [2.24, 2.45) is 5.73 Å². The fraction of sp³-hybridized carbons (Fsp3) is 0.533. The Hall–Kier alpha value is -1.39. The van der Waals surface area contributed by atoms with Crippen molar-refractivity contribution in [1.29, 1.82) is 0 Å². The number of rotatable bonds is 6. The van der Waals surface area contributed by atoms with E-state index in [0.717, 1.165) is 5.56 Å². The zero-order valence-corrected chi connectivity index (χ0v) is 12.3. The van der Waals surface area contributed by atoms with Crippen LogP contribution in [-0.4, -0.2) is 43.0 Å². The zero-order valence-electron chi connectivity index (χ0n) is 12.3. The van der Waals surface area contributed by atoms with Gasteiger partial charge in [0.25, 0.3) is 0 Å². The molecule has 0 spiro atoms. The number of carbonyl (C=O) groups is 1. The van der Waals surface area contributed by atoms with E-state index in [9.17, 15) is 4.79 Å². The summed E-state index contributed by atoms with van der Waals surface area (Å²) < 4.78 is 0. The highest BCUT2D eigenvalue weighted by molar-refractivity contribution is 5.81. The van der Waals surface area contributed by atoms with E-state index in [1.54, 1.807) is 0 Å². The molecule has 0 aliphatic carbocycles. The lowest BCUT2D eigenvalue weighted by Gasteiger charge is -2.33. The number of benzene rings is 1. The van der Waals surface area contributed by atoms with Crippen LogP contribution < -0.4 is 11.1 Å². The minimum absolute atomic E-state index is 0.0812. The molecule has 0 heterocycles. The third-order valence-electron chi connectivity index (χ3n) is 3.54. The molecule has 0 saturated heterocycles. The highest BCUT2D eigenvalue weighted by Gasteiger charge is 2.22. The van der Waals surface area contributed by atoms with Crippen LogP contribution in [0.15, 0.2) is 30.3 Å². The third-order valence-corrected chi connectivity index (χ3v) is 3.54. The Morgan fingerprint density at radius 3 is 2.42 bits per heavy atom. The van der Waals surface area contributed by atoms with Crippen LogP contribution >= 0.6 is 0 Å². The maximum absolute atomic E-state index is 12.0. The summed E-state index contributed by atoms with van der Waals surface area (Å²) in [5, 5.41) is 2.92. The van der Waals surface area contributed by atoms with Crippen molar-refractivity contribution in [2.75, 3.05) is 20.6 Å². The van der Waals surface area contributed by atoms with Crippen LogP contribution in [0.1, 0.15) is 19.4 Å². The first kappa shape index (κ1) is 15.7. The van der Waals surface area contributed by atoms with Crippen LogP contribution in [0.5, 0.6) is 0 Å². The van der Waals surface area contributed by atoms with Crippen LogP contribution in [0.25, 0.3) is 0 Å². The number of hydrogen-bond acceptors (Lipinski definition) is 3. The molecular weight excluding hydrogens is 238 g/mol. The van der Waals surface area contributed by atoms with Gasteiger partial charge in [-0.25, -0.2) is 0 Å². The number of amides is 1. The Labute approximate surface area is 116 Å². The van der Waals surface area contributed by atoms with Crippen molar-refractivity contribution in [3.63, 3.8) is 0 Å². The van der Waals surface area contributed by atoms with Gasteiger partial charge in [-0.2, -0.15) is 0 Å². The number of nitrogens with one attached hydrogen (secondary N) is 1. The summed E-state index contributed by atoms with van der Waals surface area (Å²) in [6.45, 7) is 4.74. The molecule has 1 aromatic rings. The monoisotopic (exact) mass is 263 g/mol. The topological polar surface area (TPSA) is 58.4 Å². The number of likely N-dealkylation sites (N-methyl/N-ethyl adjacent to an activating group) is 1. The lowest BCUT2D eigenvalue weighted by atomic mass is 10.0. The molecule has 0 saturated carbocycles. The van der Waals surface area contributed by atoms with Crippen molar-refractivity contribution in [3.8, 4) is 0 Å². The molecule has 1 rings (SSSR count). The van der Waals surface area contributed by atoms with Crippen LogP contribution in [-0.2, 0) is 11.2 Å². The minimum Gasteiger partial charge on any atom is -0.353 e. The SMILES string of the molecule is CN(C)C(C)(C)CNC(=O)[C@@H](N)Cc1ccccc1. The van der Waals surface area contributed by atoms with Gasteiger partial charge in [-0.3, -0.25) is 4.79 Å². The number of nitrogens with two attached hydrogens (primary N) is 1. The second-order valence-electron chi connectivity index (χ2n) is 5.72. The predicted molar refractivity (Wildman–Crippen MR) is 78.9 cm³/mol. The largest absolute Gasteiger partial charge is 0.353 e. The van der Waals surface area contributed by atoms with Gasteiger partial charge in [0.05, 0.1) is 6.04 Å². The van der Waals surface area contributed by atoms with Crippen molar-refractivity contribution >= 4 is 5.91 Å². The van der Waals surface area contributed by atoms with Gasteiger partial charge >= 0.3 is 0 Å². The van der Waals surface area contributed by atoms with E-state index >= 15 is 0 Å². The molecule has 0 radical (unpaired) electrons. The molecule has 1 aromatic carbocycles. The molecule has 0 bridgehead atoms. The maximum Gasteiger partial charge on any atom is 0.237 e. The summed E-state index contributed by atoms with van der Waals surface area (Å²) in [4.78, 5) is 14.0. The average Bonchev–Trinajstić information content (AvgIpc) is 2.37. The van der Waals surface area contributed by atoms with Gasteiger partial charge in [-0.15, -0.1) is 0 Å².